The first kappa shape index (κ1) is 16.0. The van der Waals surface area contributed by atoms with E-state index in [4.69, 9.17) is 5.73 Å². The van der Waals surface area contributed by atoms with Crippen LogP contribution in [0.3, 0.4) is 0 Å². The molecule has 0 aliphatic carbocycles. The Morgan fingerprint density at radius 1 is 1.04 bits per heavy atom. The minimum atomic E-state index is -1.09. The number of pyridine rings is 1. The molecule has 0 radical (unpaired) electrons. The van der Waals surface area contributed by atoms with Gasteiger partial charge in [0.1, 0.15) is 10.3 Å². The van der Waals surface area contributed by atoms with Crippen molar-refractivity contribution < 1.29 is 14.7 Å². The summed E-state index contributed by atoms with van der Waals surface area (Å²) < 4.78 is 0. The van der Waals surface area contributed by atoms with Crippen LogP contribution in [0.1, 0.15) is 21.2 Å². The van der Waals surface area contributed by atoms with Crippen LogP contribution in [-0.2, 0) is 4.79 Å². The SMILES string of the molecule is NC(=O)C(Sc1ncccc1C(=O)O)c1cccc2ccccc12. The number of benzene rings is 2. The Labute approximate surface area is 142 Å². The van der Waals surface area contributed by atoms with Crippen molar-refractivity contribution in [2.75, 3.05) is 0 Å². The number of carboxylic acid groups (broad SMARTS) is 1. The summed E-state index contributed by atoms with van der Waals surface area (Å²) in [5.74, 6) is -1.63. The normalized spacial score (nSPS) is 12.0. The van der Waals surface area contributed by atoms with Gasteiger partial charge in [-0.3, -0.25) is 4.79 Å². The Bertz CT molecular complexity index is 922. The zero-order valence-corrected chi connectivity index (χ0v) is 13.4. The van der Waals surface area contributed by atoms with Gasteiger partial charge in [0.15, 0.2) is 0 Å². The molecular weight excluding hydrogens is 324 g/mol. The zero-order valence-electron chi connectivity index (χ0n) is 12.5. The lowest BCUT2D eigenvalue weighted by Gasteiger charge is -2.16. The molecule has 0 aliphatic rings. The van der Waals surface area contributed by atoms with E-state index in [1.54, 1.807) is 6.07 Å². The average molecular weight is 338 g/mol. The molecular formula is C18H14N2O3S. The molecule has 24 heavy (non-hydrogen) atoms. The summed E-state index contributed by atoms with van der Waals surface area (Å²) in [6.45, 7) is 0. The number of hydrogen-bond acceptors (Lipinski definition) is 4. The van der Waals surface area contributed by atoms with E-state index < -0.39 is 17.1 Å². The topological polar surface area (TPSA) is 93.3 Å². The molecule has 1 aromatic heterocycles. The molecule has 1 amide bonds. The molecule has 120 valence electrons. The van der Waals surface area contributed by atoms with E-state index in [-0.39, 0.29) is 10.6 Å². The predicted molar refractivity (Wildman–Crippen MR) is 92.9 cm³/mol. The van der Waals surface area contributed by atoms with Gasteiger partial charge in [-0.1, -0.05) is 54.2 Å². The minimum Gasteiger partial charge on any atom is -0.478 e. The molecule has 6 heteroatoms. The molecule has 0 bridgehead atoms. The van der Waals surface area contributed by atoms with E-state index in [9.17, 15) is 14.7 Å². The Morgan fingerprint density at radius 2 is 1.79 bits per heavy atom. The molecule has 0 spiro atoms. The van der Waals surface area contributed by atoms with Gasteiger partial charge in [-0.15, -0.1) is 0 Å². The number of carbonyl (C=O) groups excluding carboxylic acids is 1. The highest BCUT2D eigenvalue weighted by Crippen LogP contribution is 2.38. The Kier molecular flexibility index (Phi) is 4.48. The smallest absolute Gasteiger partial charge is 0.338 e. The van der Waals surface area contributed by atoms with Gasteiger partial charge in [-0.2, -0.15) is 0 Å². The average Bonchev–Trinajstić information content (AvgIpc) is 2.59. The Morgan fingerprint density at radius 3 is 2.54 bits per heavy atom. The highest BCUT2D eigenvalue weighted by atomic mass is 32.2. The summed E-state index contributed by atoms with van der Waals surface area (Å²) in [6.07, 6.45) is 1.50. The second-order valence-corrected chi connectivity index (χ2v) is 6.22. The first-order valence-corrected chi connectivity index (χ1v) is 8.08. The quantitative estimate of drug-likeness (QED) is 0.697. The van der Waals surface area contributed by atoms with E-state index in [0.29, 0.717) is 0 Å². The highest BCUT2D eigenvalue weighted by Gasteiger charge is 2.24. The summed E-state index contributed by atoms with van der Waals surface area (Å²) in [6, 6.07) is 16.3. The first-order valence-electron chi connectivity index (χ1n) is 7.20. The van der Waals surface area contributed by atoms with Crippen LogP contribution in [0.4, 0.5) is 0 Å². The lowest BCUT2D eigenvalue weighted by Crippen LogP contribution is -2.19. The van der Waals surface area contributed by atoms with Crippen molar-refractivity contribution in [3.05, 3.63) is 71.9 Å². The number of rotatable bonds is 5. The van der Waals surface area contributed by atoms with Crippen LogP contribution in [0.2, 0.25) is 0 Å². The van der Waals surface area contributed by atoms with Crippen molar-refractivity contribution in [3.8, 4) is 0 Å². The fraction of sp³-hybridized carbons (Fsp3) is 0.0556. The van der Waals surface area contributed by atoms with Crippen molar-refractivity contribution in [2.24, 2.45) is 5.73 Å². The summed E-state index contributed by atoms with van der Waals surface area (Å²) in [7, 11) is 0. The van der Waals surface area contributed by atoms with Crippen molar-refractivity contribution in [1.82, 2.24) is 4.98 Å². The molecule has 3 rings (SSSR count). The van der Waals surface area contributed by atoms with Gasteiger partial charge in [0.2, 0.25) is 5.91 Å². The molecule has 1 heterocycles. The molecule has 0 saturated heterocycles. The fourth-order valence-corrected chi connectivity index (χ4v) is 3.59. The maximum Gasteiger partial charge on any atom is 0.338 e. The second kappa shape index (κ2) is 6.72. The third-order valence-electron chi connectivity index (χ3n) is 3.60. The summed E-state index contributed by atoms with van der Waals surface area (Å²) in [5.41, 5.74) is 6.39. The van der Waals surface area contributed by atoms with Crippen molar-refractivity contribution in [1.29, 1.82) is 0 Å². The maximum absolute atomic E-state index is 12.1. The van der Waals surface area contributed by atoms with Gasteiger partial charge in [0, 0.05) is 6.20 Å². The zero-order chi connectivity index (χ0) is 17.1. The number of aromatic carboxylic acids is 1. The second-order valence-electron chi connectivity index (χ2n) is 5.13. The van der Waals surface area contributed by atoms with Crippen LogP contribution in [0, 0.1) is 0 Å². The van der Waals surface area contributed by atoms with Gasteiger partial charge < -0.3 is 10.8 Å². The lowest BCUT2D eigenvalue weighted by atomic mass is 10.0. The lowest BCUT2D eigenvalue weighted by molar-refractivity contribution is -0.117. The van der Waals surface area contributed by atoms with Crippen LogP contribution < -0.4 is 5.73 Å². The third kappa shape index (κ3) is 3.09. The molecule has 2 aromatic carbocycles. The van der Waals surface area contributed by atoms with E-state index in [1.807, 2.05) is 42.5 Å². The van der Waals surface area contributed by atoms with Gasteiger partial charge in [0.25, 0.3) is 0 Å². The number of fused-ring (bicyclic) bond motifs is 1. The number of carboxylic acids is 1. The minimum absolute atomic E-state index is 0.0500. The van der Waals surface area contributed by atoms with Crippen LogP contribution in [0.25, 0.3) is 10.8 Å². The predicted octanol–water partition coefficient (Wildman–Crippen LogP) is 3.25. The number of carbonyl (C=O) groups is 2. The summed E-state index contributed by atoms with van der Waals surface area (Å²) >= 11 is 1.05. The fourth-order valence-electron chi connectivity index (χ4n) is 2.51. The number of amides is 1. The number of aromatic nitrogens is 1. The Balaban J connectivity index is 2.09. The largest absolute Gasteiger partial charge is 0.478 e. The van der Waals surface area contributed by atoms with Crippen LogP contribution in [0.5, 0.6) is 0 Å². The number of nitrogens with two attached hydrogens (primary N) is 1. The van der Waals surface area contributed by atoms with Crippen molar-refractivity contribution in [3.63, 3.8) is 0 Å². The van der Waals surface area contributed by atoms with Crippen LogP contribution >= 0.6 is 11.8 Å². The molecule has 0 fully saturated rings. The van der Waals surface area contributed by atoms with Gasteiger partial charge in [0.05, 0.1) is 5.56 Å². The molecule has 3 aromatic rings. The first-order chi connectivity index (χ1) is 11.6. The highest BCUT2D eigenvalue weighted by molar-refractivity contribution is 8.00. The number of primary amides is 1. The molecule has 3 N–H and O–H groups in total. The number of hydrogen-bond donors (Lipinski definition) is 2. The monoisotopic (exact) mass is 338 g/mol. The molecule has 1 atom stereocenters. The molecule has 1 unspecified atom stereocenters. The maximum atomic E-state index is 12.1. The summed E-state index contributed by atoms with van der Waals surface area (Å²) in [5, 5.41) is 10.7. The van der Waals surface area contributed by atoms with E-state index in [0.717, 1.165) is 28.1 Å². The third-order valence-corrected chi connectivity index (χ3v) is 4.87. The van der Waals surface area contributed by atoms with Crippen LogP contribution in [-0.4, -0.2) is 22.0 Å². The van der Waals surface area contributed by atoms with E-state index in [1.165, 1.54) is 12.3 Å². The van der Waals surface area contributed by atoms with Crippen molar-refractivity contribution in [2.45, 2.75) is 10.3 Å². The summed E-state index contributed by atoms with van der Waals surface area (Å²) in [4.78, 5) is 27.5. The van der Waals surface area contributed by atoms with Crippen LogP contribution in [0.15, 0.2) is 65.8 Å². The van der Waals surface area contributed by atoms with Crippen molar-refractivity contribution >= 4 is 34.4 Å². The van der Waals surface area contributed by atoms with Gasteiger partial charge in [-0.05, 0) is 28.5 Å². The van der Waals surface area contributed by atoms with Gasteiger partial charge >= 0.3 is 5.97 Å². The van der Waals surface area contributed by atoms with E-state index >= 15 is 0 Å². The molecule has 0 aliphatic heterocycles. The van der Waals surface area contributed by atoms with E-state index in [2.05, 4.69) is 4.98 Å². The Hall–Kier alpha value is -2.86. The molecule has 5 nitrogen and oxygen atoms in total. The van der Waals surface area contributed by atoms with Gasteiger partial charge in [-0.25, -0.2) is 9.78 Å². The number of thioether (sulfide) groups is 1. The standard InChI is InChI=1S/C18H14N2O3S/c19-16(21)15(24-17-14(18(22)23)9-4-10-20-17)13-8-3-6-11-5-1-2-7-12(11)13/h1-10,15H,(H2,19,21)(H,22,23). The molecule has 0 saturated carbocycles. The number of nitrogens with zero attached hydrogens (tertiary/aromatic N) is 1.